The van der Waals surface area contributed by atoms with Crippen molar-refractivity contribution in [1.29, 1.82) is 0 Å². The fourth-order valence-corrected chi connectivity index (χ4v) is 3.91. The Kier molecular flexibility index (Phi) is 5.99. The Balaban J connectivity index is 1.54. The molecule has 0 aliphatic heterocycles. The molecular formula is C21H23N9OS. The molecule has 11 heteroatoms. The molecule has 0 radical (unpaired) electrons. The van der Waals surface area contributed by atoms with E-state index in [4.69, 9.17) is 0 Å². The van der Waals surface area contributed by atoms with Crippen molar-refractivity contribution in [2.45, 2.75) is 39.3 Å². The number of hydrogen-bond acceptors (Lipinski definition) is 8. The van der Waals surface area contributed by atoms with E-state index in [9.17, 15) is 4.79 Å². The number of aryl methyl sites for hydroxylation is 3. The first kappa shape index (κ1) is 21.6. The molecule has 0 aliphatic rings. The van der Waals surface area contributed by atoms with Crippen LogP contribution in [0.2, 0.25) is 0 Å². The Hall–Kier alpha value is -3.60. The number of hydrogen-bond donors (Lipinski definition) is 1. The summed E-state index contributed by atoms with van der Waals surface area (Å²) in [6.07, 6.45) is 2.09. The van der Waals surface area contributed by atoms with Gasteiger partial charge in [-0.05, 0) is 68.6 Å². The van der Waals surface area contributed by atoms with Crippen LogP contribution in [0, 0.1) is 27.7 Å². The molecule has 0 saturated heterocycles. The Morgan fingerprint density at radius 2 is 1.81 bits per heavy atom. The van der Waals surface area contributed by atoms with Crippen LogP contribution in [0.15, 0.2) is 35.5 Å². The first-order valence-corrected chi connectivity index (χ1v) is 11.2. The van der Waals surface area contributed by atoms with Gasteiger partial charge in [0.25, 0.3) is 5.95 Å². The number of amides is 1. The number of carbonyl (C=O) groups excluding carboxylic acids is 1. The van der Waals surface area contributed by atoms with Crippen molar-refractivity contribution >= 4 is 23.4 Å². The minimum Gasteiger partial charge on any atom is -0.326 e. The van der Waals surface area contributed by atoms with Gasteiger partial charge in [0.1, 0.15) is 0 Å². The molecule has 0 unspecified atom stereocenters. The monoisotopic (exact) mass is 449 g/mol. The highest BCUT2D eigenvalue weighted by molar-refractivity contribution is 7.98. The topological polar surface area (TPSA) is 116 Å². The number of benzene rings is 1. The summed E-state index contributed by atoms with van der Waals surface area (Å²) in [6, 6.07) is 9.31. The number of rotatable bonds is 6. The second kappa shape index (κ2) is 8.87. The molecule has 10 nitrogen and oxygen atoms in total. The van der Waals surface area contributed by atoms with Gasteiger partial charge in [0.15, 0.2) is 0 Å². The maximum atomic E-state index is 12.8. The number of anilines is 1. The number of aromatic nitrogens is 8. The van der Waals surface area contributed by atoms with Crippen LogP contribution >= 0.6 is 11.8 Å². The Morgan fingerprint density at radius 1 is 1.06 bits per heavy atom. The lowest BCUT2D eigenvalue weighted by molar-refractivity contribution is -0.115. The molecule has 1 amide bonds. The number of tetrazole rings is 1. The summed E-state index contributed by atoms with van der Waals surface area (Å²) in [5.74, 6) is 0.365. The zero-order valence-electron chi connectivity index (χ0n) is 18.5. The van der Waals surface area contributed by atoms with E-state index in [-0.39, 0.29) is 12.3 Å². The SMILES string of the molecule is CSc1nnnn1-c1cccc(NC(=O)Cc2c(C)nn(-c3nc(C)cc(C)n3)c2C)c1. The van der Waals surface area contributed by atoms with Crippen molar-refractivity contribution < 1.29 is 4.79 Å². The van der Waals surface area contributed by atoms with Crippen LogP contribution in [-0.2, 0) is 11.2 Å². The maximum absolute atomic E-state index is 12.8. The average molecular weight is 450 g/mol. The van der Waals surface area contributed by atoms with Crippen molar-refractivity contribution in [2.24, 2.45) is 0 Å². The molecule has 32 heavy (non-hydrogen) atoms. The van der Waals surface area contributed by atoms with Crippen LogP contribution in [0.3, 0.4) is 0 Å². The van der Waals surface area contributed by atoms with Crippen molar-refractivity contribution in [3.63, 3.8) is 0 Å². The summed E-state index contributed by atoms with van der Waals surface area (Å²) >= 11 is 1.44. The normalized spacial score (nSPS) is 11.0. The number of nitrogens with one attached hydrogen (secondary N) is 1. The molecule has 3 heterocycles. The van der Waals surface area contributed by atoms with E-state index in [2.05, 4.69) is 35.9 Å². The standard InChI is InChI=1S/C21H23N9OS/c1-12-9-13(2)23-20(22-12)29-15(4)18(14(3)26-29)11-19(31)24-16-7-6-8-17(10-16)30-21(32-5)25-27-28-30/h6-10H,11H2,1-5H3,(H,24,31). The van der Waals surface area contributed by atoms with Crippen LogP contribution in [0.4, 0.5) is 5.69 Å². The largest absolute Gasteiger partial charge is 0.326 e. The smallest absolute Gasteiger partial charge is 0.251 e. The molecule has 0 bridgehead atoms. The molecule has 0 atom stereocenters. The van der Waals surface area contributed by atoms with Crippen LogP contribution < -0.4 is 5.32 Å². The first-order valence-electron chi connectivity index (χ1n) is 9.96. The zero-order valence-corrected chi connectivity index (χ0v) is 19.3. The Bertz CT molecular complexity index is 1270. The summed E-state index contributed by atoms with van der Waals surface area (Å²) in [4.78, 5) is 21.8. The highest BCUT2D eigenvalue weighted by atomic mass is 32.2. The average Bonchev–Trinajstić information content (AvgIpc) is 3.33. The van der Waals surface area contributed by atoms with Gasteiger partial charge in [-0.25, -0.2) is 14.6 Å². The van der Waals surface area contributed by atoms with Crippen molar-refractivity contribution in [1.82, 2.24) is 40.0 Å². The molecule has 4 rings (SSSR count). The van der Waals surface area contributed by atoms with Gasteiger partial charge in [0.2, 0.25) is 11.1 Å². The third-order valence-electron chi connectivity index (χ3n) is 4.94. The summed E-state index contributed by atoms with van der Waals surface area (Å²) in [5, 5.41) is 19.9. The molecule has 0 saturated carbocycles. The maximum Gasteiger partial charge on any atom is 0.251 e. The second-order valence-electron chi connectivity index (χ2n) is 7.36. The lowest BCUT2D eigenvalue weighted by Crippen LogP contribution is -2.16. The van der Waals surface area contributed by atoms with Gasteiger partial charge in [-0.2, -0.15) is 9.78 Å². The van der Waals surface area contributed by atoms with Crippen LogP contribution in [0.5, 0.6) is 0 Å². The van der Waals surface area contributed by atoms with Crippen LogP contribution in [0.25, 0.3) is 11.6 Å². The first-order chi connectivity index (χ1) is 15.4. The predicted molar refractivity (Wildman–Crippen MR) is 121 cm³/mol. The summed E-state index contributed by atoms with van der Waals surface area (Å²) in [5.41, 5.74) is 5.63. The van der Waals surface area contributed by atoms with E-state index in [1.165, 1.54) is 11.8 Å². The zero-order chi connectivity index (χ0) is 22.8. The molecule has 0 aliphatic carbocycles. The molecule has 0 spiro atoms. The van der Waals surface area contributed by atoms with E-state index in [0.717, 1.165) is 34.0 Å². The molecule has 1 aromatic carbocycles. The minimum atomic E-state index is -0.143. The lowest BCUT2D eigenvalue weighted by atomic mass is 10.1. The quantitative estimate of drug-likeness (QED) is 0.447. The van der Waals surface area contributed by atoms with Crippen molar-refractivity contribution in [3.05, 3.63) is 58.7 Å². The molecular weight excluding hydrogens is 426 g/mol. The van der Waals surface area contributed by atoms with E-state index < -0.39 is 0 Å². The fraction of sp³-hybridized carbons (Fsp3) is 0.286. The number of nitrogens with zero attached hydrogens (tertiary/aromatic N) is 8. The third kappa shape index (κ3) is 4.37. The summed E-state index contributed by atoms with van der Waals surface area (Å²) < 4.78 is 3.32. The van der Waals surface area contributed by atoms with E-state index in [1.807, 2.05) is 64.3 Å². The predicted octanol–water partition coefficient (Wildman–Crippen LogP) is 2.77. The second-order valence-corrected chi connectivity index (χ2v) is 8.14. The van der Waals surface area contributed by atoms with Gasteiger partial charge in [-0.15, -0.1) is 5.10 Å². The van der Waals surface area contributed by atoms with E-state index >= 15 is 0 Å². The molecule has 0 fully saturated rings. The fourth-order valence-electron chi connectivity index (χ4n) is 3.48. The summed E-state index contributed by atoms with van der Waals surface area (Å²) in [7, 11) is 0. The molecule has 4 aromatic rings. The van der Waals surface area contributed by atoms with Crippen molar-refractivity contribution in [3.8, 4) is 11.6 Å². The van der Waals surface area contributed by atoms with E-state index in [0.29, 0.717) is 16.8 Å². The number of carbonyl (C=O) groups is 1. The van der Waals surface area contributed by atoms with Gasteiger partial charge in [-0.3, -0.25) is 4.79 Å². The molecule has 1 N–H and O–H groups in total. The lowest BCUT2D eigenvalue weighted by Gasteiger charge is -2.09. The van der Waals surface area contributed by atoms with Gasteiger partial charge < -0.3 is 5.32 Å². The number of thioether (sulfide) groups is 1. The highest BCUT2D eigenvalue weighted by Gasteiger charge is 2.18. The third-order valence-corrected chi connectivity index (χ3v) is 5.56. The van der Waals surface area contributed by atoms with Crippen LogP contribution in [0.1, 0.15) is 28.3 Å². The van der Waals surface area contributed by atoms with Gasteiger partial charge in [0, 0.05) is 28.3 Å². The van der Waals surface area contributed by atoms with Gasteiger partial charge in [0.05, 0.1) is 17.8 Å². The van der Waals surface area contributed by atoms with Gasteiger partial charge in [-0.1, -0.05) is 17.8 Å². The Morgan fingerprint density at radius 3 is 2.53 bits per heavy atom. The Labute approximate surface area is 189 Å². The van der Waals surface area contributed by atoms with Crippen LogP contribution in [-0.4, -0.2) is 52.1 Å². The van der Waals surface area contributed by atoms with E-state index in [1.54, 1.807) is 9.36 Å². The minimum absolute atomic E-state index is 0.143. The highest BCUT2D eigenvalue weighted by Crippen LogP contribution is 2.20. The van der Waals surface area contributed by atoms with Crippen molar-refractivity contribution in [2.75, 3.05) is 11.6 Å². The summed E-state index contributed by atoms with van der Waals surface area (Å²) in [6.45, 7) is 7.65. The molecule has 164 valence electrons. The van der Waals surface area contributed by atoms with Gasteiger partial charge >= 0.3 is 0 Å². The molecule has 3 aromatic heterocycles.